The van der Waals surface area contributed by atoms with Crippen molar-refractivity contribution in [3.63, 3.8) is 0 Å². The SMILES string of the molecule is CCCCCCSc1nc2n(n1)C(c1cccc(OC)c1OC)C(C(=O)OCC)=C(C)N2. The fourth-order valence-electron chi connectivity index (χ4n) is 3.77. The molecule has 32 heavy (non-hydrogen) atoms. The van der Waals surface area contributed by atoms with Crippen molar-refractivity contribution < 1.29 is 19.0 Å². The molecule has 1 aliphatic rings. The minimum absolute atomic E-state index is 0.278. The Balaban J connectivity index is 2.03. The van der Waals surface area contributed by atoms with Gasteiger partial charge in [0.05, 0.1) is 26.4 Å². The molecule has 1 aliphatic heterocycles. The van der Waals surface area contributed by atoms with Gasteiger partial charge in [-0.25, -0.2) is 9.48 Å². The molecule has 0 saturated carbocycles. The van der Waals surface area contributed by atoms with Gasteiger partial charge in [0, 0.05) is 17.0 Å². The largest absolute Gasteiger partial charge is 0.493 e. The molecule has 1 aromatic heterocycles. The van der Waals surface area contributed by atoms with Crippen LogP contribution in [0.25, 0.3) is 0 Å². The Morgan fingerprint density at radius 2 is 2.00 bits per heavy atom. The van der Waals surface area contributed by atoms with Crippen LogP contribution in [0, 0.1) is 0 Å². The van der Waals surface area contributed by atoms with Gasteiger partial charge < -0.3 is 19.5 Å². The molecule has 0 bridgehead atoms. The van der Waals surface area contributed by atoms with E-state index in [1.165, 1.54) is 19.3 Å². The highest BCUT2D eigenvalue weighted by molar-refractivity contribution is 7.99. The summed E-state index contributed by atoms with van der Waals surface area (Å²) in [5, 5.41) is 8.66. The average Bonchev–Trinajstić information content (AvgIpc) is 3.19. The van der Waals surface area contributed by atoms with E-state index in [1.807, 2.05) is 25.1 Å². The number of thioether (sulfide) groups is 1. The summed E-state index contributed by atoms with van der Waals surface area (Å²) in [7, 11) is 3.18. The normalized spacial score (nSPS) is 15.2. The third-order valence-corrected chi connectivity index (χ3v) is 6.21. The number of allylic oxidation sites excluding steroid dienone is 1. The number of methoxy groups -OCH3 is 2. The number of rotatable bonds is 11. The van der Waals surface area contributed by atoms with E-state index in [-0.39, 0.29) is 6.61 Å². The molecule has 0 saturated heterocycles. The molecule has 9 heteroatoms. The zero-order valence-electron chi connectivity index (χ0n) is 19.4. The van der Waals surface area contributed by atoms with Crippen molar-refractivity contribution in [3.8, 4) is 11.5 Å². The van der Waals surface area contributed by atoms with Gasteiger partial charge in [-0.2, -0.15) is 4.98 Å². The summed E-state index contributed by atoms with van der Waals surface area (Å²) in [5.74, 6) is 2.26. The average molecular weight is 461 g/mol. The van der Waals surface area contributed by atoms with Gasteiger partial charge in [-0.1, -0.05) is 50.1 Å². The first-order valence-corrected chi connectivity index (χ1v) is 12.0. The van der Waals surface area contributed by atoms with E-state index in [4.69, 9.17) is 19.3 Å². The molecule has 1 atom stereocenters. The molecule has 1 aromatic carbocycles. The lowest BCUT2D eigenvalue weighted by Gasteiger charge is -2.29. The van der Waals surface area contributed by atoms with Gasteiger partial charge in [0.2, 0.25) is 11.1 Å². The first-order valence-electron chi connectivity index (χ1n) is 11.0. The number of esters is 1. The van der Waals surface area contributed by atoms with E-state index < -0.39 is 12.0 Å². The van der Waals surface area contributed by atoms with Gasteiger partial charge in [-0.15, -0.1) is 5.10 Å². The second-order valence-corrected chi connectivity index (χ2v) is 8.50. The maximum atomic E-state index is 13.0. The van der Waals surface area contributed by atoms with E-state index in [0.29, 0.717) is 33.9 Å². The summed E-state index contributed by atoms with van der Waals surface area (Å²) in [5.41, 5.74) is 1.90. The molecular formula is C23H32N4O4S. The van der Waals surface area contributed by atoms with Crippen LogP contribution in [0.3, 0.4) is 0 Å². The second-order valence-electron chi connectivity index (χ2n) is 7.44. The number of unbranched alkanes of at least 4 members (excludes halogenated alkanes) is 3. The van der Waals surface area contributed by atoms with Crippen molar-refractivity contribution in [1.82, 2.24) is 14.8 Å². The fraction of sp³-hybridized carbons (Fsp3) is 0.522. The molecule has 0 aliphatic carbocycles. The fourth-order valence-corrected chi connectivity index (χ4v) is 4.60. The van der Waals surface area contributed by atoms with Crippen LogP contribution in [0.4, 0.5) is 5.95 Å². The van der Waals surface area contributed by atoms with Crippen LogP contribution in [0.5, 0.6) is 11.5 Å². The second kappa shape index (κ2) is 11.3. The van der Waals surface area contributed by atoms with Gasteiger partial charge in [0.15, 0.2) is 11.5 Å². The summed E-state index contributed by atoms with van der Waals surface area (Å²) in [6.07, 6.45) is 4.76. The molecule has 0 fully saturated rings. The predicted octanol–water partition coefficient (Wildman–Crippen LogP) is 4.82. The van der Waals surface area contributed by atoms with Crippen LogP contribution in [0.2, 0.25) is 0 Å². The minimum Gasteiger partial charge on any atom is -0.493 e. The van der Waals surface area contributed by atoms with E-state index >= 15 is 0 Å². The Morgan fingerprint density at radius 3 is 2.69 bits per heavy atom. The number of carbonyl (C=O) groups is 1. The van der Waals surface area contributed by atoms with Gasteiger partial charge in [-0.3, -0.25) is 0 Å². The van der Waals surface area contributed by atoms with Crippen molar-refractivity contribution in [2.24, 2.45) is 0 Å². The highest BCUT2D eigenvalue weighted by Gasteiger charge is 2.37. The lowest BCUT2D eigenvalue weighted by atomic mass is 9.94. The number of nitrogens with zero attached hydrogens (tertiary/aromatic N) is 3. The molecule has 1 unspecified atom stereocenters. The highest BCUT2D eigenvalue weighted by atomic mass is 32.2. The summed E-state index contributed by atoms with van der Waals surface area (Å²) in [4.78, 5) is 17.7. The number of aromatic nitrogens is 3. The number of hydrogen-bond donors (Lipinski definition) is 1. The third kappa shape index (κ3) is 5.03. The molecule has 2 aromatic rings. The molecule has 0 radical (unpaired) electrons. The zero-order chi connectivity index (χ0) is 23.1. The van der Waals surface area contributed by atoms with E-state index in [0.717, 1.165) is 17.7 Å². The lowest BCUT2D eigenvalue weighted by molar-refractivity contribution is -0.139. The van der Waals surface area contributed by atoms with Gasteiger partial charge in [-0.05, 0) is 26.3 Å². The maximum Gasteiger partial charge on any atom is 0.338 e. The van der Waals surface area contributed by atoms with Crippen molar-refractivity contribution in [2.45, 2.75) is 57.7 Å². The molecular weight excluding hydrogens is 428 g/mol. The topological polar surface area (TPSA) is 87.5 Å². The maximum absolute atomic E-state index is 13.0. The predicted molar refractivity (Wildman–Crippen MR) is 126 cm³/mol. The lowest BCUT2D eigenvalue weighted by Crippen LogP contribution is -2.30. The van der Waals surface area contributed by atoms with Crippen LogP contribution in [-0.4, -0.2) is 47.3 Å². The Hall–Kier alpha value is -2.68. The van der Waals surface area contributed by atoms with E-state index in [2.05, 4.69) is 17.2 Å². The first kappa shape index (κ1) is 24.0. The molecule has 8 nitrogen and oxygen atoms in total. The monoisotopic (exact) mass is 460 g/mol. The van der Waals surface area contributed by atoms with Gasteiger partial charge in [0.25, 0.3) is 0 Å². The van der Waals surface area contributed by atoms with Gasteiger partial charge in [0.1, 0.15) is 6.04 Å². The Bertz CT molecular complexity index is 973. The number of fused-ring (bicyclic) bond motifs is 1. The summed E-state index contributed by atoms with van der Waals surface area (Å²) in [6, 6.07) is 5.05. The Morgan fingerprint density at radius 1 is 1.19 bits per heavy atom. The first-order chi connectivity index (χ1) is 15.5. The van der Waals surface area contributed by atoms with E-state index in [9.17, 15) is 4.79 Å². The van der Waals surface area contributed by atoms with Crippen LogP contribution in [-0.2, 0) is 9.53 Å². The number of para-hydroxylation sites is 1. The summed E-state index contributed by atoms with van der Waals surface area (Å²) >= 11 is 1.63. The molecule has 0 spiro atoms. The number of carbonyl (C=O) groups excluding carboxylic acids is 1. The standard InChI is InChI=1S/C23H32N4O4S/c1-6-8-9-10-14-32-23-25-22-24-15(3)18(21(28)31-7-2)19(27(22)26-23)16-12-11-13-17(29-4)20(16)30-5/h11-13,19H,6-10,14H2,1-5H3,(H,24,25,26). The van der Waals surface area contributed by atoms with Crippen LogP contribution < -0.4 is 14.8 Å². The van der Waals surface area contributed by atoms with E-state index in [1.54, 1.807) is 37.6 Å². The molecule has 174 valence electrons. The van der Waals surface area contributed by atoms with Crippen molar-refractivity contribution in [3.05, 3.63) is 35.0 Å². The number of hydrogen-bond acceptors (Lipinski definition) is 8. The molecule has 1 N–H and O–H groups in total. The van der Waals surface area contributed by atoms with Crippen LogP contribution >= 0.6 is 11.8 Å². The van der Waals surface area contributed by atoms with Crippen LogP contribution in [0.15, 0.2) is 34.6 Å². The number of ether oxygens (including phenoxy) is 3. The van der Waals surface area contributed by atoms with Gasteiger partial charge >= 0.3 is 5.97 Å². The smallest absolute Gasteiger partial charge is 0.338 e. The van der Waals surface area contributed by atoms with Crippen LogP contribution in [0.1, 0.15) is 58.1 Å². The Kier molecular flexibility index (Phi) is 8.44. The highest BCUT2D eigenvalue weighted by Crippen LogP contribution is 2.43. The number of benzene rings is 1. The number of nitrogens with one attached hydrogen (secondary N) is 1. The molecule has 2 heterocycles. The third-order valence-electron chi connectivity index (χ3n) is 5.29. The van der Waals surface area contributed by atoms with Crippen molar-refractivity contribution >= 4 is 23.7 Å². The summed E-state index contributed by atoms with van der Waals surface area (Å²) in [6.45, 7) is 6.12. The number of anilines is 1. The van der Waals surface area contributed by atoms with Crippen molar-refractivity contribution in [2.75, 3.05) is 31.9 Å². The molecule has 3 rings (SSSR count). The molecule has 0 amide bonds. The minimum atomic E-state index is -0.558. The van der Waals surface area contributed by atoms with Crippen molar-refractivity contribution in [1.29, 1.82) is 0 Å². The summed E-state index contributed by atoms with van der Waals surface area (Å²) < 4.78 is 18.3. The quantitative estimate of drug-likeness (QED) is 0.290. The zero-order valence-corrected chi connectivity index (χ0v) is 20.3. The Labute approximate surface area is 193 Å².